The van der Waals surface area contributed by atoms with Crippen LogP contribution >= 0.6 is 11.3 Å². The van der Waals surface area contributed by atoms with E-state index in [9.17, 15) is 9.18 Å². The molecule has 1 N–H and O–H groups in total. The lowest BCUT2D eigenvalue weighted by molar-refractivity contribution is -0.104. The predicted molar refractivity (Wildman–Crippen MR) is 170 cm³/mol. The number of carbonyl (C=O) groups is 1. The van der Waals surface area contributed by atoms with Gasteiger partial charge in [0, 0.05) is 77.5 Å². The number of carbonyl (C=O) groups excluding carboxylic acids is 1. The Hall–Kier alpha value is -4.38. The largest absolute Gasteiger partial charge is 0.490 e. The van der Waals surface area contributed by atoms with Crippen LogP contribution in [-0.2, 0) is 22.5 Å². The molecule has 0 amide bonds. The first-order valence-corrected chi connectivity index (χ1v) is 15.6. The van der Waals surface area contributed by atoms with Crippen molar-refractivity contribution < 1.29 is 18.7 Å². The van der Waals surface area contributed by atoms with E-state index in [1.54, 1.807) is 30.7 Å². The summed E-state index contributed by atoms with van der Waals surface area (Å²) in [6.45, 7) is 4.04. The molecule has 1 saturated heterocycles. The lowest BCUT2D eigenvalue weighted by Gasteiger charge is -2.38. The van der Waals surface area contributed by atoms with Crippen LogP contribution in [0, 0.1) is 5.82 Å². The van der Waals surface area contributed by atoms with Crippen molar-refractivity contribution in [1.29, 1.82) is 0 Å². The van der Waals surface area contributed by atoms with Crippen LogP contribution in [0.3, 0.4) is 0 Å². The predicted octanol–water partition coefficient (Wildman–Crippen LogP) is 5.87. The third kappa shape index (κ3) is 5.40. The third-order valence-electron chi connectivity index (χ3n) is 8.25. The number of hydrogen-bond donors (Lipinski definition) is 1. The van der Waals surface area contributed by atoms with Crippen LogP contribution in [0.5, 0.6) is 5.75 Å². The minimum atomic E-state index is -0.371. The molecular weight excluding hydrogens is 577 g/mol. The second kappa shape index (κ2) is 12.3. The number of fused-ring (bicyclic) bond motifs is 2. The molecule has 0 radical (unpaired) electrons. The fourth-order valence-corrected chi connectivity index (χ4v) is 6.94. The topological polar surface area (TPSA) is 81.5 Å². The van der Waals surface area contributed by atoms with Gasteiger partial charge in [-0.25, -0.2) is 9.37 Å². The van der Waals surface area contributed by atoms with Gasteiger partial charge in [0.1, 0.15) is 24.5 Å². The maximum atomic E-state index is 14.5. The molecule has 1 fully saturated rings. The second-order valence-corrected chi connectivity index (χ2v) is 11.9. The second-order valence-electron chi connectivity index (χ2n) is 11.0. The molecule has 44 heavy (non-hydrogen) atoms. The van der Waals surface area contributed by atoms with Gasteiger partial charge in [-0.3, -0.25) is 9.48 Å². The number of nitrogens with zero attached hydrogens (tertiary/aromatic N) is 4. The smallest absolute Gasteiger partial charge is 0.144 e. The number of benzene rings is 2. The maximum absolute atomic E-state index is 14.5. The normalized spacial score (nSPS) is 15.1. The average molecular weight is 610 g/mol. The number of allylic oxidation sites excluding steroid dienone is 1. The van der Waals surface area contributed by atoms with Crippen LogP contribution in [0.1, 0.15) is 17.2 Å². The Labute approximate surface area is 258 Å². The number of hydrogen-bond acceptors (Lipinski definition) is 8. The molecule has 0 aliphatic carbocycles. The van der Waals surface area contributed by atoms with E-state index >= 15 is 0 Å². The van der Waals surface area contributed by atoms with Crippen LogP contribution in [-0.4, -0.2) is 65.9 Å². The fraction of sp³-hybridized carbons (Fsp3) is 0.265. The molecule has 2 aromatic carbocycles. The van der Waals surface area contributed by atoms with Crippen molar-refractivity contribution >= 4 is 27.7 Å². The summed E-state index contributed by atoms with van der Waals surface area (Å²) in [5.74, 6) is 0.0714. The molecule has 2 aliphatic rings. The number of thiophene rings is 1. The van der Waals surface area contributed by atoms with Gasteiger partial charge in [-0.15, -0.1) is 11.3 Å². The number of halogens is 1. The van der Waals surface area contributed by atoms with Gasteiger partial charge in [-0.2, -0.15) is 5.10 Å². The Morgan fingerprint density at radius 3 is 2.86 bits per heavy atom. The first-order valence-electron chi connectivity index (χ1n) is 14.7. The van der Waals surface area contributed by atoms with Gasteiger partial charge in [0.15, 0.2) is 0 Å². The van der Waals surface area contributed by atoms with E-state index in [0.717, 1.165) is 82.6 Å². The van der Waals surface area contributed by atoms with Gasteiger partial charge in [-0.1, -0.05) is 12.1 Å². The van der Waals surface area contributed by atoms with Crippen LogP contribution in [0.2, 0.25) is 0 Å². The zero-order chi connectivity index (χ0) is 30.0. The molecule has 5 heterocycles. The molecule has 0 atom stereocenters. The molecule has 0 spiro atoms. The van der Waals surface area contributed by atoms with E-state index in [2.05, 4.69) is 39.9 Å². The Morgan fingerprint density at radius 1 is 1.09 bits per heavy atom. The van der Waals surface area contributed by atoms with E-state index < -0.39 is 0 Å². The molecule has 8 nitrogen and oxygen atoms in total. The summed E-state index contributed by atoms with van der Waals surface area (Å²) >= 11 is 1.64. The van der Waals surface area contributed by atoms with E-state index in [-0.39, 0.29) is 11.9 Å². The SMILES string of the molecule is COCCOc1cc(F)ccc1-c1c(-c2cnn(C3CN(C=CC=O)C3)c2)nc(-c2ccc3c(c2)CCNC3)c2ccsc12. The van der Waals surface area contributed by atoms with Crippen molar-refractivity contribution in [1.82, 2.24) is 25.0 Å². The van der Waals surface area contributed by atoms with Crippen LogP contribution in [0.4, 0.5) is 4.39 Å². The Morgan fingerprint density at radius 2 is 2.00 bits per heavy atom. The standard InChI is InChI=1S/C34H32FN5O3S/c1-42-12-13-43-30-16-26(35)5-6-28(30)31-33(25-18-37-40(19-25)27-20-39(21-27)10-2-11-41)38-32(29-8-14-44-34(29)31)23-3-4-24-17-36-9-7-22(24)15-23/h2-6,8,10-11,14-16,18-19,27,36H,7,9,12-13,17,20-21H2,1H3. The zero-order valence-corrected chi connectivity index (χ0v) is 25.1. The number of pyridine rings is 1. The Kier molecular flexibility index (Phi) is 7.95. The number of ether oxygens (including phenoxy) is 2. The fourth-order valence-electron chi connectivity index (χ4n) is 5.98. The third-order valence-corrected chi connectivity index (χ3v) is 9.18. The summed E-state index contributed by atoms with van der Waals surface area (Å²) in [4.78, 5) is 18.2. The molecule has 0 unspecified atom stereocenters. The highest BCUT2D eigenvalue weighted by molar-refractivity contribution is 7.18. The minimum absolute atomic E-state index is 0.182. The highest BCUT2D eigenvalue weighted by atomic mass is 32.1. The molecule has 2 aliphatic heterocycles. The maximum Gasteiger partial charge on any atom is 0.144 e. The van der Waals surface area contributed by atoms with Crippen molar-refractivity contribution in [2.45, 2.75) is 19.0 Å². The zero-order valence-electron chi connectivity index (χ0n) is 24.3. The number of aromatic nitrogens is 3. The number of methoxy groups -OCH3 is 1. The van der Waals surface area contributed by atoms with Crippen molar-refractivity contribution in [2.24, 2.45) is 0 Å². The van der Waals surface area contributed by atoms with E-state index in [1.807, 2.05) is 17.1 Å². The van der Waals surface area contributed by atoms with Gasteiger partial charge < -0.3 is 19.7 Å². The quantitative estimate of drug-likeness (QED) is 0.120. The molecule has 10 heteroatoms. The summed E-state index contributed by atoms with van der Waals surface area (Å²) < 4.78 is 28.8. The summed E-state index contributed by atoms with van der Waals surface area (Å²) in [5, 5.41) is 11.3. The molecular formula is C34H32FN5O3S. The number of aldehydes is 1. The van der Waals surface area contributed by atoms with Gasteiger partial charge in [-0.05, 0) is 59.8 Å². The van der Waals surface area contributed by atoms with Crippen LogP contribution in [0.25, 0.3) is 43.7 Å². The molecule has 5 aromatic rings. The van der Waals surface area contributed by atoms with Crippen LogP contribution < -0.4 is 10.1 Å². The summed E-state index contributed by atoms with van der Waals surface area (Å²) in [5.41, 5.74) is 7.93. The molecule has 224 valence electrons. The number of likely N-dealkylation sites (tertiary alicyclic amines) is 1. The molecule has 7 rings (SSSR count). The highest BCUT2D eigenvalue weighted by Gasteiger charge is 2.28. The Bertz CT molecular complexity index is 1860. The van der Waals surface area contributed by atoms with Gasteiger partial charge in [0.2, 0.25) is 0 Å². The van der Waals surface area contributed by atoms with Gasteiger partial charge in [0.25, 0.3) is 0 Å². The number of rotatable bonds is 10. The van der Waals surface area contributed by atoms with Gasteiger partial charge >= 0.3 is 0 Å². The van der Waals surface area contributed by atoms with Crippen LogP contribution in [0.15, 0.2) is 72.5 Å². The molecule has 0 bridgehead atoms. The summed E-state index contributed by atoms with van der Waals surface area (Å²) in [6, 6.07) is 13.6. The van der Waals surface area contributed by atoms with Crippen molar-refractivity contribution in [3.63, 3.8) is 0 Å². The van der Waals surface area contributed by atoms with E-state index in [0.29, 0.717) is 19.0 Å². The van der Waals surface area contributed by atoms with Crippen molar-refractivity contribution in [3.05, 3.63) is 89.5 Å². The van der Waals surface area contributed by atoms with Crippen molar-refractivity contribution in [2.75, 3.05) is 40.0 Å². The van der Waals surface area contributed by atoms with E-state index in [4.69, 9.17) is 19.6 Å². The first kappa shape index (κ1) is 28.4. The highest BCUT2D eigenvalue weighted by Crippen LogP contribution is 2.46. The first-order chi connectivity index (χ1) is 21.6. The lowest BCUT2D eigenvalue weighted by Crippen LogP contribution is -2.44. The number of nitrogens with one attached hydrogen (secondary N) is 1. The molecule has 0 saturated carbocycles. The minimum Gasteiger partial charge on any atom is -0.490 e. The summed E-state index contributed by atoms with van der Waals surface area (Å²) in [6.07, 6.45) is 8.96. The average Bonchev–Trinajstić information content (AvgIpc) is 3.71. The van der Waals surface area contributed by atoms with Crippen molar-refractivity contribution in [3.8, 4) is 39.4 Å². The monoisotopic (exact) mass is 609 g/mol. The summed E-state index contributed by atoms with van der Waals surface area (Å²) in [7, 11) is 1.61. The van der Waals surface area contributed by atoms with Gasteiger partial charge in [0.05, 0.1) is 30.2 Å². The Balaban J connectivity index is 1.38. The van der Waals surface area contributed by atoms with E-state index in [1.165, 1.54) is 29.3 Å². The molecule has 3 aromatic heterocycles. The lowest BCUT2D eigenvalue weighted by atomic mass is 9.93.